The van der Waals surface area contributed by atoms with Crippen molar-refractivity contribution in [3.8, 4) is 17.0 Å². The molecule has 1 amide bonds. The van der Waals surface area contributed by atoms with Crippen molar-refractivity contribution < 1.29 is 9.53 Å². The van der Waals surface area contributed by atoms with Crippen molar-refractivity contribution in [2.45, 2.75) is 25.2 Å². The number of ether oxygens (including phenoxy) is 1. The topological polar surface area (TPSA) is 88.2 Å². The lowest BCUT2D eigenvalue weighted by Crippen LogP contribution is -2.40. The average Bonchev–Trinajstić information content (AvgIpc) is 2.79. The molecule has 0 spiro atoms. The van der Waals surface area contributed by atoms with E-state index in [1.165, 1.54) is 6.07 Å². The maximum atomic E-state index is 12.9. The van der Waals surface area contributed by atoms with Crippen LogP contribution in [0.4, 0.5) is 0 Å². The van der Waals surface area contributed by atoms with Crippen molar-refractivity contribution in [2.24, 2.45) is 0 Å². The van der Waals surface area contributed by atoms with Crippen LogP contribution in [0.1, 0.15) is 30.1 Å². The molecule has 1 N–H and O–H groups in total. The molecule has 7 heteroatoms. The number of carbonyl (C=O) groups excluding carboxylic acids is 1. The first-order chi connectivity index (χ1) is 14.6. The summed E-state index contributed by atoms with van der Waals surface area (Å²) in [6.45, 7) is 1.26. The van der Waals surface area contributed by atoms with E-state index in [1.54, 1.807) is 19.5 Å². The number of H-pyrrole nitrogens is 1. The zero-order chi connectivity index (χ0) is 20.9. The smallest absolute Gasteiger partial charge is 0.251 e. The van der Waals surface area contributed by atoms with Gasteiger partial charge in [-0.15, -0.1) is 0 Å². The zero-order valence-corrected chi connectivity index (χ0v) is 16.9. The molecule has 0 unspecified atom stereocenters. The number of likely N-dealkylation sites (tertiary alicyclic amines) is 1. The van der Waals surface area contributed by atoms with Crippen molar-refractivity contribution >= 4 is 5.91 Å². The van der Waals surface area contributed by atoms with Crippen molar-refractivity contribution in [1.29, 1.82) is 0 Å². The van der Waals surface area contributed by atoms with Crippen LogP contribution in [-0.4, -0.2) is 46.0 Å². The Hall–Kier alpha value is -3.48. The van der Waals surface area contributed by atoms with Gasteiger partial charge in [0, 0.05) is 43.0 Å². The summed E-state index contributed by atoms with van der Waals surface area (Å²) in [5.74, 6) is 1.45. The summed E-state index contributed by atoms with van der Waals surface area (Å²) >= 11 is 0. The van der Waals surface area contributed by atoms with Gasteiger partial charge in [-0.1, -0.05) is 12.1 Å². The second-order valence-corrected chi connectivity index (χ2v) is 7.46. The zero-order valence-electron chi connectivity index (χ0n) is 16.9. The molecule has 1 saturated heterocycles. The molecule has 154 valence electrons. The number of aromatic nitrogens is 3. The average molecular weight is 404 g/mol. The second-order valence-electron chi connectivity index (χ2n) is 7.46. The van der Waals surface area contributed by atoms with E-state index in [2.05, 4.69) is 9.97 Å². The maximum absolute atomic E-state index is 12.9. The molecular formula is C23H24N4O3. The Bertz CT molecular complexity index is 1080. The largest absolute Gasteiger partial charge is 0.497 e. The van der Waals surface area contributed by atoms with Gasteiger partial charge < -0.3 is 14.6 Å². The third-order valence-electron chi connectivity index (χ3n) is 5.39. The highest BCUT2D eigenvalue weighted by Crippen LogP contribution is 2.26. The quantitative estimate of drug-likeness (QED) is 0.706. The van der Waals surface area contributed by atoms with Crippen molar-refractivity contribution in [1.82, 2.24) is 19.9 Å². The first-order valence-corrected chi connectivity index (χ1v) is 10.0. The molecule has 0 bridgehead atoms. The van der Waals surface area contributed by atoms with Crippen LogP contribution in [0.5, 0.6) is 5.75 Å². The van der Waals surface area contributed by atoms with Crippen LogP contribution in [0, 0.1) is 0 Å². The van der Waals surface area contributed by atoms with Gasteiger partial charge in [0.15, 0.2) is 0 Å². The van der Waals surface area contributed by atoms with Gasteiger partial charge in [0.2, 0.25) is 5.91 Å². The lowest BCUT2D eigenvalue weighted by Gasteiger charge is -2.32. The first kappa shape index (κ1) is 19.8. The molecule has 0 saturated carbocycles. The van der Waals surface area contributed by atoms with Gasteiger partial charge in [-0.2, -0.15) is 0 Å². The number of carbonyl (C=O) groups is 1. The maximum Gasteiger partial charge on any atom is 0.251 e. The van der Waals surface area contributed by atoms with E-state index < -0.39 is 0 Å². The normalized spacial score (nSPS) is 16.3. The standard InChI is InChI=1S/C23H24N4O3/c1-30-19-6-2-4-16(12-19)13-22(29)27-11-3-5-18(15-27)23-25-20(14-21(28)26-23)17-7-9-24-10-8-17/h2,4,6-10,12,14,18H,3,5,11,13,15H2,1H3,(H,25,26,28)/t18-/m0/s1. The molecular weight excluding hydrogens is 380 g/mol. The highest BCUT2D eigenvalue weighted by atomic mass is 16.5. The Labute approximate surface area is 174 Å². The lowest BCUT2D eigenvalue weighted by atomic mass is 9.96. The molecule has 7 nitrogen and oxygen atoms in total. The van der Waals surface area contributed by atoms with Crippen LogP contribution < -0.4 is 10.3 Å². The van der Waals surface area contributed by atoms with Crippen LogP contribution in [-0.2, 0) is 11.2 Å². The number of amides is 1. The van der Waals surface area contributed by atoms with Crippen LogP contribution in [0.25, 0.3) is 11.3 Å². The van der Waals surface area contributed by atoms with Gasteiger partial charge in [-0.25, -0.2) is 4.98 Å². The van der Waals surface area contributed by atoms with E-state index in [0.717, 1.165) is 29.7 Å². The molecule has 30 heavy (non-hydrogen) atoms. The Morgan fingerprint density at radius 3 is 2.87 bits per heavy atom. The number of piperidine rings is 1. The fraction of sp³-hybridized carbons (Fsp3) is 0.304. The number of aromatic amines is 1. The Morgan fingerprint density at radius 2 is 2.07 bits per heavy atom. The van der Waals surface area contributed by atoms with Crippen LogP contribution in [0.15, 0.2) is 59.7 Å². The summed E-state index contributed by atoms with van der Waals surface area (Å²) in [4.78, 5) is 38.6. The minimum atomic E-state index is -0.188. The minimum absolute atomic E-state index is 0.00231. The number of nitrogens with zero attached hydrogens (tertiary/aromatic N) is 3. The first-order valence-electron chi connectivity index (χ1n) is 10.0. The van der Waals surface area contributed by atoms with E-state index in [4.69, 9.17) is 9.72 Å². The minimum Gasteiger partial charge on any atom is -0.497 e. The molecule has 0 radical (unpaired) electrons. The van der Waals surface area contributed by atoms with Gasteiger partial charge >= 0.3 is 0 Å². The van der Waals surface area contributed by atoms with Crippen LogP contribution in [0.2, 0.25) is 0 Å². The summed E-state index contributed by atoms with van der Waals surface area (Å²) in [5.41, 5.74) is 2.20. The molecule has 3 aromatic rings. The fourth-order valence-electron chi connectivity index (χ4n) is 3.84. The lowest BCUT2D eigenvalue weighted by molar-refractivity contribution is -0.131. The molecule has 1 aliphatic heterocycles. The molecule has 2 aromatic heterocycles. The SMILES string of the molecule is COc1cccc(CC(=O)N2CCC[C@H](c3nc(-c4ccncc4)cc(=O)[nH]3)C2)c1. The summed E-state index contributed by atoms with van der Waals surface area (Å²) in [7, 11) is 1.62. The predicted octanol–water partition coefficient (Wildman–Crippen LogP) is 2.79. The van der Waals surface area contributed by atoms with Gasteiger partial charge in [-0.05, 0) is 42.7 Å². The second kappa shape index (κ2) is 8.90. The van der Waals surface area contributed by atoms with E-state index in [-0.39, 0.29) is 17.4 Å². The van der Waals surface area contributed by atoms with Crippen LogP contribution in [0.3, 0.4) is 0 Å². The van der Waals surface area contributed by atoms with Crippen molar-refractivity contribution in [3.05, 3.63) is 76.6 Å². The number of benzene rings is 1. The molecule has 1 aromatic carbocycles. The highest BCUT2D eigenvalue weighted by molar-refractivity contribution is 5.79. The summed E-state index contributed by atoms with van der Waals surface area (Å²) in [6, 6.07) is 12.7. The number of rotatable bonds is 5. The van der Waals surface area contributed by atoms with Gasteiger partial charge in [-0.3, -0.25) is 14.6 Å². The Morgan fingerprint density at radius 1 is 1.23 bits per heavy atom. The monoisotopic (exact) mass is 404 g/mol. The Kier molecular flexibility index (Phi) is 5.88. The number of hydrogen-bond donors (Lipinski definition) is 1. The summed E-state index contributed by atoms with van der Waals surface area (Å²) < 4.78 is 5.24. The number of hydrogen-bond acceptors (Lipinski definition) is 5. The van der Waals surface area contributed by atoms with E-state index >= 15 is 0 Å². The third kappa shape index (κ3) is 4.56. The predicted molar refractivity (Wildman–Crippen MR) is 113 cm³/mol. The fourth-order valence-corrected chi connectivity index (χ4v) is 3.84. The van der Waals surface area contributed by atoms with Gasteiger partial charge in [0.1, 0.15) is 11.6 Å². The summed E-state index contributed by atoms with van der Waals surface area (Å²) in [5, 5.41) is 0. The summed E-state index contributed by atoms with van der Waals surface area (Å²) in [6.07, 6.45) is 5.43. The molecule has 4 rings (SSSR count). The van der Waals surface area contributed by atoms with Gasteiger partial charge in [0.25, 0.3) is 5.56 Å². The number of pyridine rings is 1. The van der Waals surface area contributed by atoms with E-state index in [0.29, 0.717) is 31.0 Å². The highest BCUT2D eigenvalue weighted by Gasteiger charge is 2.26. The third-order valence-corrected chi connectivity index (χ3v) is 5.39. The number of nitrogens with one attached hydrogen (secondary N) is 1. The molecule has 3 heterocycles. The molecule has 1 aliphatic rings. The Balaban J connectivity index is 1.50. The van der Waals surface area contributed by atoms with E-state index in [1.807, 2.05) is 41.3 Å². The van der Waals surface area contributed by atoms with Gasteiger partial charge in [0.05, 0.1) is 19.2 Å². The van der Waals surface area contributed by atoms with Crippen LogP contribution >= 0.6 is 0 Å². The molecule has 1 atom stereocenters. The number of methoxy groups -OCH3 is 1. The van der Waals surface area contributed by atoms with Crippen molar-refractivity contribution in [2.75, 3.05) is 20.2 Å². The van der Waals surface area contributed by atoms with Crippen molar-refractivity contribution in [3.63, 3.8) is 0 Å². The molecule has 0 aliphatic carbocycles. The van der Waals surface area contributed by atoms with E-state index in [9.17, 15) is 9.59 Å². The molecule has 1 fully saturated rings.